The Bertz CT molecular complexity index is 575. The molecule has 0 unspecified atom stereocenters. The average Bonchev–Trinajstić information content (AvgIpc) is 2.38. The summed E-state index contributed by atoms with van der Waals surface area (Å²) in [5.41, 5.74) is 2.62. The predicted molar refractivity (Wildman–Crippen MR) is 74.1 cm³/mol. The van der Waals surface area contributed by atoms with Gasteiger partial charge in [0.15, 0.2) is 5.82 Å². The van der Waals surface area contributed by atoms with E-state index in [9.17, 15) is 4.39 Å². The zero-order valence-electron chi connectivity index (χ0n) is 9.75. The molecule has 0 fully saturated rings. The molecule has 94 valence electrons. The summed E-state index contributed by atoms with van der Waals surface area (Å²) in [6.45, 7) is 2.02. The Morgan fingerprint density at radius 3 is 2.78 bits per heavy atom. The molecule has 0 N–H and O–H groups in total. The smallest absolute Gasteiger partial charge is 0.160 e. The van der Waals surface area contributed by atoms with Crippen LogP contribution < -0.4 is 0 Å². The number of hydrogen-bond acceptors (Lipinski definition) is 2. The first-order valence-corrected chi connectivity index (χ1v) is 6.84. The Hall–Kier alpha value is -1.00. The van der Waals surface area contributed by atoms with Gasteiger partial charge in [0, 0.05) is 27.5 Å². The molecule has 5 heteroatoms. The van der Waals surface area contributed by atoms with Crippen LogP contribution >= 0.6 is 27.5 Å². The summed E-state index contributed by atoms with van der Waals surface area (Å²) in [7, 11) is 0. The normalized spacial score (nSPS) is 10.7. The molecular formula is C13H11BrClFN2. The molecule has 2 aromatic rings. The van der Waals surface area contributed by atoms with E-state index in [0.717, 1.165) is 23.2 Å². The number of benzene rings is 1. The fourth-order valence-corrected chi connectivity index (χ4v) is 2.41. The average molecular weight is 330 g/mol. The molecule has 0 atom stereocenters. The summed E-state index contributed by atoms with van der Waals surface area (Å²) < 4.78 is 13.7. The molecule has 1 heterocycles. The van der Waals surface area contributed by atoms with Crippen molar-refractivity contribution in [2.45, 2.75) is 19.2 Å². The lowest BCUT2D eigenvalue weighted by molar-refractivity contribution is 0.627. The van der Waals surface area contributed by atoms with Gasteiger partial charge in [-0.05, 0) is 40.5 Å². The largest absolute Gasteiger partial charge is 0.236 e. The van der Waals surface area contributed by atoms with E-state index >= 15 is 0 Å². The van der Waals surface area contributed by atoms with Gasteiger partial charge in [-0.3, -0.25) is 0 Å². The molecule has 2 rings (SSSR count). The van der Waals surface area contributed by atoms with Crippen molar-refractivity contribution in [3.63, 3.8) is 0 Å². The molecule has 0 spiro atoms. The Balaban J connectivity index is 2.51. The summed E-state index contributed by atoms with van der Waals surface area (Å²) in [4.78, 5) is 8.75. The van der Waals surface area contributed by atoms with Crippen LogP contribution in [0, 0.1) is 5.82 Å². The van der Waals surface area contributed by atoms with Crippen molar-refractivity contribution in [2.24, 2.45) is 0 Å². The molecule has 2 nitrogen and oxygen atoms in total. The zero-order valence-corrected chi connectivity index (χ0v) is 12.1. The summed E-state index contributed by atoms with van der Waals surface area (Å²) in [6, 6.07) is 4.46. The van der Waals surface area contributed by atoms with Gasteiger partial charge in [-0.1, -0.05) is 6.92 Å². The van der Waals surface area contributed by atoms with Crippen molar-refractivity contribution >= 4 is 27.5 Å². The highest BCUT2D eigenvalue weighted by molar-refractivity contribution is 9.10. The lowest BCUT2D eigenvalue weighted by Crippen LogP contribution is -2.00. The van der Waals surface area contributed by atoms with Gasteiger partial charge < -0.3 is 0 Å². The third-order valence-corrected chi connectivity index (χ3v) is 3.55. The molecule has 1 aromatic carbocycles. The lowest BCUT2D eigenvalue weighted by atomic mass is 10.1. The highest BCUT2D eigenvalue weighted by atomic mass is 79.9. The molecular weight excluding hydrogens is 319 g/mol. The van der Waals surface area contributed by atoms with Gasteiger partial charge in [-0.25, -0.2) is 14.4 Å². The number of halogens is 3. The van der Waals surface area contributed by atoms with Crippen molar-refractivity contribution in [2.75, 3.05) is 0 Å². The number of aryl methyl sites for hydroxylation is 1. The van der Waals surface area contributed by atoms with Gasteiger partial charge in [0.25, 0.3) is 0 Å². The molecule has 0 radical (unpaired) electrons. The number of nitrogens with zero attached hydrogens (tertiary/aromatic N) is 2. The van der Waals surface area contributed by atoms with Gasteiger partial charge >= 0.3 is 0 Å². The third kappa shape index (κ3) is 2.70. The molecule has 0 bridgehead atoms. The summed E-state index contributed by atoms with van der Waals surface area (Å²) in [5, 5.41) is 0. The van der Waals surface area contributed by atoms with E-state index in [1.807, 2.05) is 6.92 Å². The second kappa shape index (κ2) is 5.76. The molecule has 0 aliphatic rings. The third-order valence-electron chi connectivity index (χ3n) is 2.61. The topological polar surface area (TPSA) is 25.8 Å². The molecule has 0 aliphatic heterocycles. The maximum atomic E-state index is 13.0. The van der Waals surface area contributed by atoms with Gasteiger partial charge in [0.1, 0.15) is 5.82 Å². The molecule has 0 aliphatic carbocycles. The Morgan fingerprint density at radius 1 is 1.39 bits per heavy atom. The highest BCUT2D eigenvalue weighted by Crippen LogP contribution is 2.27. The monoisotopic (exact) mass is 328 g/mol. The van der Waals surface area contributed by atoms with Crippen molar-refractivity contribution in [3.05, 3.63) is 45.9 Å². The van der Waals surface area contributed by atoms with Crippen molar-refractivity contribution in [1.82, 2.24) is 9.97 Å². The predicted octanol–water partition coefficient (Wildman–Crippen LogP) is 4.35. The maximum Gasteiger partial charge on any atom is 0.160 e. The molecule has 0 saturated carbocycles. The van der Waals surface area contributed by atoms with Gasteiger partial charge in [-0.2, -0.15) is 0 Å². The second-order valence-electron chi connectivity index (χ2n) is 3.78. The number of aromatic nitrogens is 2. The number of rotatable bonds is 3. The molecule has 0 amide bonds. The lowest BCUT2D eigenvalue weighted by Gasteiger charge is -2.08. The number of alkyl halides is 1. The summed E-state index contributed by atoms with van der Waals surface area (Å²) in [6.07, 6.45) is 2.51. The van der Waals surface area contributed by atoms with Gasteiger partial charge in [-0.15, -0.1) is 11.6 Å². The van der Waals surface area contributed by atoms with Crippen LogP contribution in [0.15, 0.2) is 28.9 Å². The highest BCUT2D eigenvalue weighted by Gasteiger charge is 2.10. The van der Waals surface area contributed by atoms with E-state index in [1.54, 1.807) is 12.3 Å². The van der Waals surface area contributed by atoms with Crippen molar-refractivity contribution in [1.29, 1.82) is 0 Å². The van der Waals surface area contributed by atoms with Crippen LogP contribution in [0.25, 0.3) is 11.4 Å². The fourth-order valence-electron chi connectivity index (χ4n) is 1.66. The molecule has 0 saturated heterocycles. The van der Waals surface area contributed by atoms with Crippen molar-refractivity contribution < 1.29 is 4.39 Å². The first kappa shape index (κ1) is 13.4. The Kier molecular flexibility index (Phi) is 4.30. The van der Waals surface area contributed by atoms with E-state index in [2.05, 4.69) is 25.9 Å². The number of hydrogen-bond donors (Lipinski definition) is 0. The maximum absolute atomic E-state index is 13.0. The molecule has 18 heavy (non-hydrogen) atoms. The SMILES string of the molecule is CCc1nc(-c2ccc(F)cc2Br)ncc1CCl. The summed E-state index contributed by atoms with van der Waals surface area (Å²) in [5.74, 6) is 0.680. The van der Waals surface area contributed by atoms with Crippen LogP contribution in [0.5, 0.6) is 0 Å². The van der Waals surface area contributed by atoms with E-state index in [-0.39, 0.29) is 5.82 Å². The van der Waals surface area contributed by atoms with Crippen LogP contribution in [0.4, 0.5) is 4.39 Å². The van der Waals surface area contributed by atoms with Crippen LogP contribution in [-0.2, 0) is 12.3 Å². The van der Waals surface area contributed by atoms with Crippen LogP contribution in [-0.4, -0.2) is 9.97 Å². The van der Waals surface area contributed by atoms with Crippen LogP contribution in [0.1, 0.15) is 18.2 Å². The second-order valence-corrected chi connectivity index (χ2v) is 4.90. The summed E-state index contributed by atoms with van der Waals surface area (Å²) >= 11 is 9.14. The zero-order chi connectivity index (χ0) is 13.1. The van der Waals surface area contributed by atoms with E-state index in [1.165, 1.54) is 12.1 Å². The van der Waals surface area contributed by atoms with E-state index in [0.29, 0.717) is 16.2 Å². The van der Waals surface area contributed by atoms with Gasteiger partial charge in [0.05, 0.1) is 5.88 Å². The minimum absolute atomic E-state index is 0.293. The van der Waals surface area contributed by atoms with E-state index < -0.39 is 0 Å². The minimum Gasteiger partial charge on any atom is -0.236 e. The Labute approximate surface area is 118 Å². The quantitative estimate of drug-likeness (QED) is 0.783. The van der Waals surface area contributed by atoms with Crippen LogP contribution in [0.2, 0.25) is 0 Å². The first-order chi connectivity index (χ1) is 8.65. The van der Waals surface area contributed by atoms with Crippen molar-refractivity contribution in [3.8, 4) is 11.4 Å². The fraction of sp³-hybridized carbons (Fsp3) is 0.231. The first-order valence-electron chi connectivity index (χ1n) is 5.52. The van der Waals surface area contributed by atoms with E-state index in [4.69, 9.17) is 11.6 Å². The minimum atomic E-state index is -0.293. The molecule has 1 aromatic heterocycles. The van der Waals surface area contributed by atoms with Crippen LogP contribution in [0.3, 0.4) is 0 Å². The Morgan fingerprint density at radius 2 is 2.17 bits per heavy atom. The van der Waals surface area contributed by atoms with Gasteiger partial charge in [0.2, 0.25) is 0 Å². The standard InChI is InChI=1S/C13H11BrClFN2/c1-2-12-8(6-15)7-17-13(18-12)10-4-3-9(16)5-11(10)14/h3-5,7H,2,6H2,1H3.